The summed E-state index contributed by atoms with van der Waals surface area (Å²) in [6.07, 6.45) is 3.08. The summed E-state index contributed by atoms with van der Waals surface area (Å²) in [6, 6.07) is 10.8. The van der Waals surface area contributed by atoms with Crippen LogP contribution in [0.5, 0.6) is 11.5 Å². The van der Waals surface area contributed by atoms with E-state index < -0.39 is 31.2 Å². The summed E-state index contributed by atoms with van der Waals surface area (Å²) in [5.74, 6) is 1.12. The van der Waals surface area contributed by atoms with E-state index in [0.29, 0.717) is 34.0 Å². The van der Waals surface area contributed by atoms with Crippen LogP contribution in [0.3, 0.4) is 0 Å². The maximum absolute atomic E-state index is 12.9. The molecule has 35 heavy (non-hydrogen) atoms. The fourth-order valence-electron chi connectivity index (χ4n) is 3.11. The maximum Gasteiger partial charge on any atom is 0.357 e. The lowest BCUT2D eigenvalue weighted by Gasteiger charge is -2.13. The summed E-state index contributed by atoms with van der Waals surface area (Å²) in [5, 5.41) is 10.9. The van der Waals surface area contributed by atoms with Gasteiger partial charge in [-0.25, -0.2) is 0 Å². The number of aromatic nitrogens is 1. The Bertz CT molecular complexity index is 1460. The highest BCUT2D eigenvalue weighted by Gasteiger charge is 2.24. The normalized spacial score (nSPS) is 11.4. The molecule has 0 fully saturated rings. The zero-order valence-electron chi connectivity index (χ0n) is 18.9. The molecule has 0 amide bonds. The van der Waals surface area contributed by atoms with Crippen LogP contribution in [0, 0.1) is 17.0 Å². The molecular formula is C23H21ClN2O8S. The van der Waals surface area contributed by atoms with E-state index in [1.807, 2.05) is 6.92 Å². The molecular weight excluding hydrogens is 500 g/mol. The summed E-state index contributed by atoms with van der Waals surface area (Å²) in [7, 11) is -3.14. The average molecular weight is 521 g/mol. The molecule has 0 aliphatic rings. The lowest BCUT2D eigenvalue weighted by molar-refractivity contribution is -0.384. The Hall–Kier alpha value is -3.83. The molecule has 0 aliphatic carbocycles. The summed E-state index contributed by atoms with van der Waals surface area (Å²) >= 11 is 5.76. The van der Waals surface area contributed by atoms with Crippen molar-refractivity contribution in [3.05, 3.63) is 90.8 Å². The van der Waals surface area contributed by atoms with Crippen LogP contribution >= 0.6 is 11.6 Å². The number of ether oxygens (including phenoxy) is 2. The third kappa shape index (κ3) is 6.00. The highest BCUT2D eigenvalue weighted by atomic mass is 35.5. The second-order valence-corrected chi connectivity index (χ2v) is 9.10. The van der Waals surface area contributed by atoms with Crippen LogP contribution in [-0.2, 0) is 10.1 Å². The van der Waals surface area contributed by atoms with Crippen molar-refractivity contribution in [2.24, 2.45) is 0 Å². The minimum atomic E-state index is -4.63. The van der Waals surface area contributed by atoms with E-state index in [1.54, 1.807) is 31.2 Å². The van der Waals surface area contributed by atoms with Gasteiger partial charge < -0.3 is 9.47 Å². The molecule has 1 aromatic heterocycles. The third-order valence-corrected chi connectivity index (χ3v) is 6.18. The van der Waals surface area contributed by atoms with E-state index in [-0.39, 0.29) is 10.7 Å². The lowest BCUT2D eigenvalue weighted by Crippen LogP contribution is -2.32. The SMILES string of the molecule is CCOc1ccc(OC)c(/C=C/c2cc(C)cc(=O)n2OS(=O)(=O)c2ccc(Cl)c([N+](=O)[O-])c2)c1. The van der Waals surface area contributed by atoms with E-state index in [2.05, 4.69) is 0 Å². The molecule has 0 saturated carbocycles. The highest BCUT2D eigenvalue weighted by Crippen LogP contribution is 2.28. The van der Waals surface area contributed by atoms with E-state index in [1.165, 1.54) is 25.3 Å². The van der Waals surface area contributed by atoms with Gasteiger partial charge in [-0.15, -0.1) is 4.73 Å². The fraction of sp³-hybridized carbons (Fsp3) is 0.174. The number of rotatable bonds is 9. The number of nitro benzene ring substituents is 1. The molecule has 2 aromatic carbocycles. The zero-order chi connectivity index (χ0) is 25.8. The van der Waals surface area contributed by atoms with Crippen LogP contribution in [0.4, 0.5) is 5.69 Å². The molecule has 0 N–H and O–H groups in total. The molecule has 0 spiro atoms. The predicted molar refractivity (Wildman–Crippen MR) is 130 cm³/mol. The van der Waals surface area contributed by atoms with Crippen LogP contribution in [0.15, 0.2) is 58.2 Å². The molecule has 0 aliphatic heterocycles. The predicted octanol–water partition coefficient (Wildman–Crippen LogP) is 4.11. The summed E-state index contributed by atoms with van der Waals surface area (Å²) < 4.78 is 42.3. The van der Waals surface area contributed by atoms with Crippen LogP contribution in [-0.4, -0.2) is 31.8 Å². The van der Waals surface area contributed by atoms with Crippen LogP contribution in [0.1, 0.15) is 23.7 Å². The van der Waals surface area contributed by atoms with Gasteiger partial charge >= 0.3 is 10.1 Å². The first kappa shape index (κ1) is 25.8. The maximum atomic E-state index is 12.9. The third-order valence-electron chi connectivity index (χ3n) is 4.68. The Kier molecular flexibility index (Phi) is 7.82. The number of halogens is 1. The number of hydrogen-bond donors (Lipinski definition) is 0. The number of benzene rings is 2. The second kappa shape index (κ2) is 10.6. The number of methoxy groups -OCH3 is 1. The van der Waals surface area contributed by atoms with Crippen LogP contribution in [0.25, 0.3) is 12.2 Å². The fourth-order valence-corrected chi connectivity index (χ4v) is 4.23. The van der Waals surface area contributed by atoms with Gasteiger partial charge in [-0.05, 0) is 68.0 Å². The summed E-state index contributed by atoms with van der Waals surface area (Å²) in [5.41, 5.74) is -0.106. The monoisotopic (exact) mass is 520 g/mol. The van der Waals surface area contributed by atoms with Crippen molar-refractivity contribution in [1.82, 2.24) is 4.73 Å². The Morgan fingerprint density at radius 1 is 1.11 bits per heavy atom. The molecule has 10 nitrogen and oxygen atoms in total. The number of nitro groups is 1. The van der Waals surface area contributed by atoms with E-state index >= 15 is 0 Å². The van der Waals surface area contributed by atoms with Gasteiger partial charge in [-0.3, -0.25) is 19.2 Å². The van der Waals surface area contributed by atoms with Gasteiger partial charge in [0.25, 0.3) is 11.2 Å². The topological polar surface area (TPSA) is 127 Å². The van der Waals surface area contributed by atoms with Crippen molar-refractivity contribution >= 4 is 39.6 Å². The number of pyridine rings is 1. The summed E-state index contributed by atoms with van der Waals surface area (Å²) in [4.78, 5) is 22.4. The smallest absolute Gasteiger partial charge is 0.357 e. The first-order valence-electron chi connectivity index (χ1n) is 10.2. The zero-order valence-corrected chi connectivity index (χ0v) is 20.5. The molecule has 0 atom stereocenters. The molecule has 0 unspecified atom stereocenters. The highest BCUT2D eigenvalue weighted by molar-refractivity contribution is 7.87. The Balaban J connectivity index is 2.05. The van der Waals surface area contributed by atoms with Gasteiger partial charge in [0.15, 0.2) is 0 Å². The van der Waals surface area contributed by atoms with E-state index in [9.17, 15) is 23.3 Å². The molecule has 0 saturated heterocycles. The van der Waals surface area contributed by atoms with Crippen molar-refractivity contribution in [1.29, 1.82) is 0 Å². The summed E-state index contributed by atoms with van der Waals surface area (Å²) in [6.45, 7) is 3.97. The number of aryl methyl sites for hydroxylation is 1. The molecule has 184 valence electrons. The molecule has 3 aromatic rings. The minimum absolute atomic E-state index is 0.103. The molecule has 0 radical (unpaired) electrons. The van der Waals surface area contributed by atoms with Gasteiger partial charge in [0.05, 0.1) is 24.3 Å². The first-order valence-corrected chi connectivity index (χ1v) is 12.0. The van der Waals surface area contributed by atoms with Crippen molar-refractivity contribution in [2.75, 3.05) is 13.7 Å². The molecule has 0 bridgehead atoms. The van der Waals surface area contributed by atoms with Gasteiger partial charge in [-0.1, -0.05) is 11.6 Å². The molecule has 1 heterocycles. The Labute approximate surface area is 206 Å². The van der Waals surface area contributed by atoms with Gasteiger partial charge in [0, 0.05) is 17.7 Å². The van der Waals surface area contributed by atoms with E-state index in [0.717, 1.165) is 18.2 Å². The molecule has 12 heteroatoms. The Morgan fingerprint density at radius 3 is 2.51 bits per heavy atom. The number of hydrogen-bond acceptors (Lipinski definition) is 8. The van der Waals surface area contributed by atoms with Crippen molar-refractivity contribution in [3.8, 4) is 11.5 Å². The lowest BCUT2D eigenvalue weighted by atomic mass is 10.1. The van der Waals surface area contributed by atoms with Gasteiger partial charge in [0.2, 0.25) is 0 Å². The van der Waals surface area contributed by atoms with Crippen molar-refractivity contribution in [3.63, 3.8) is 0 Å². The van der Waals surface area contributed by atoms with Crippen molar-refractivity contribution < 1.29 is 27.1 Å². The average Bonchev–Trinajstić information content (AvgIpc) is 2.80. The largest absolute Gasteiger partial charge is 0.496 e. The quantitative estimate of drug-likeness (QED) is 0.304. The Morgan fingerprint density at radius 2 is 1.86 bits per heavy atom. The standard InChI is InChI=1S/C23H21ClN2O8S/c1-4-33-18-7-10-22(32-3)16(13-18)5-6-17-11-15(2)12-23(27)25(17)34-35(30,31)19-8-9-20(24)21(14-19)26(28)29/h5-14H,4H2,1-3H3/b6-5+. The van der Waals surface area contributed by atoms with Gasteiger partial charge in [-0.2, -0.15) is 8.42 Å². The van der Waals surface area contributed by atoms with E-state index in [4.69, 9.17) is 25.4 Å². The van der Waals surface area contributed by atoms with Crippen molar-refractivity contribution in [2.45, 2.75) is 18.7 Å². The minimum Gasteiger partial charge on any atom is -0.496 e. The van der Waals surface area contributed by atoms with Crippen LogP contribution < -0.4 is 19.3 Å². The van der Waals surface area contributed by atoms with Crippen LogP contribution in [0.2, 0.25) is 5.02 Å². The molecule has 3 rings (SSSR count). The number of nitrogens with zero attached hydrogens (tertiary/aromatic N) is 2. The second-order valence-electron chi connectivity index (χ2n) is 7.16. The van der Waals surface area contributed by atoms with Gasteiger partial charge in [0.1, 0.15) is 21.4 Å². The first-order chi connectivity index (χ1) is 16.6.